The highest BCUT2D eigenvalue weighted by Crippen LogP contribution is 2.30. The average molecular weight is 506 g/mol. The molecule has 0 unspecified atom stereocenters. The second-order valence-corrected chi connectivity index (χ2v) is 8.10. The normalized spacial score (nSPS) is 42.7. The summed E-state index contributed by atoms with van der Waals surface area (Å²) in [4.78, 5) is 0. The van der Waals surface area contributed by atoms with Crippen LogP contribution in [0, 0.1) is 0 Å². The van der Waals surface area contributed by atoms with Gasteiger partial charge in [-0.3, -0.25) is 0 Å². The molecule has 2 aliphatic heterocycles. The van der Waals surface area contributed by atoms with Crippen LogP contribution >= 0.6 is 0 Å². The van der Waals surface area contributed by atoms with Gasteiger partial charge >= 0.3 is 0 Å². The number of rotatable bonds is 11. The Morgan fingerprint density at radius 2 is 1.15 bits per heavy atom. The maximum absolute atomic E-state index is 10.6. The largest absolute Gasteiger partial charge is 0.394 e. The molecule has 14 atom stereocenters. The van der Waals surface area contributed by atoms with E-state index in [4.69, 9.17) is 24.1 Å². The fourth-order valence-corrected chi connectivity index (χ4v) is 3.65. The smallest absolute Gasteiger partial charge is 0.187 e. The van der Waals surface area contributed by atoms with Crippen LogP contribution < -0.4 is 0 Å². The minimum Gasteiger partial charge on any atom is -0.394 e. The van der Waals surface area contributed by atoms with E-state index in [1.807, 2.05) is 0 Å². The quantitative estimate of drug-likeness (QED) is 0.124. The average Bonchev–Trinajstić information content (AvgIpc) is 2.84. The Kier molecular flexibility index (Phi) is 11.4. The molecule has 0 spiro atoms. The van der Waals surface area contributed by atoms with Gasteiger partial charge in [-0.25, -0.2) is 0 Å². The van der Waals surface area contributed by atoms with Gasteiger partial charge in [-0.1, -0.05) is 0 Å². The van der Waals surface area contributed by atoms with E-state index in [0.717, 1.165) is 0 Å². The van der Waals surface area contributed by atoms with Crippen LogP contribution in [-0.4, -0.2) is 174 Å². The highest BCUT2D eigenvalue weighted by Gasteiger charge is 2.51. The number of aliphatic hydroxyl groups excluding tert-OH is 12. The molecule has 2 heterocycles. The maximum atomic E-state index is 10.6. The van der Waals surface area contributed by atoms with Crippen LogP contribution in [0.1, 0.15) is 0 Å². The minimum atomic E-state index is -1.98. The van der Waals surface area contributed by atoms with E-state index in [1.165, 1.54) is 0 Å². The van der Waals surface area contributed by atoms with Crippen molar-refractivity contribution in [1.29, 1.82) is 0 Å². The Balaban J connectivity index is 2.17. The van der Waals surface area contributed by atoms with Gasteiger partial charge in [0.05, 0.1) is 26.4 Å². The molecule has 0 aromatic heterocycles. The van der Waals surface area contributed by atoms with Gasteiger partial charge in [0, 0.05) is 0 Å². The van der Waals surface area contributed by atoms with Gasteiger partial charge in [-0.05, 0) is 0 Å². The first-order valence-electron chi connectivity index (χ1n) is 10.5. The van der Waals surface area contributed by atoms with Crippen molar-refractivity contribution < 1.29 is 80.2 Å². The molecule has 0 aromatic carbocycles. The monoisotopic (exact) mass is 506 g/mol. The molecule has 16 nitrogen and oxygen atoms in total. The first-order chi connectivity index (χ1) is 16.0. The van der Waals surface area contributed by atoms with Crippen LogP contribution in [0.25, 0.3) is 0 Å². The molecule has 34 heavy (non-hydrogen) atoms. The molecule has 0 bridgehead atoms. The zero-order valence-electron chi connectivity index (χ0n) is 17.9. The molecule has 0 aliphatic carbocycles. The van der Waals surface area contributed by atoms with E-state index in [9.17, 15) is 56.2 Å². The van der Waals surface area contributed by atoms with Crippen LogP contribution in [0.3, 0.4) is 0 Å². The summed E-state index contributed by atoms with van der Waals surface area (Å²) in [7, 11) is 0. The third-order valence-electron chi connectivity index (χ3n) is 5.74. The van der Waals surface area contributed by atoms with Gasteiger partial charge in [0.1, 0.15) is 73.2 Å². The van der Waals surface area contributed by atoms with E-state index in [2.05, 4.69) is 0 Å². The molecule has 2 aliphatic rings. The lowest BCUT2D eigenvalue weighted by atomic mass is 9.96. The molecule has 12 N–H and O–H groups in total. The third-order valence-corrected chi connectivity index (χ3v) is 5.74. The predicted molar refractivity (Wildman–Crippen MR) is 103 cm³/mol. The first-order valence-corrected chi connectivity index (χ1v) is 10.5. The van der Waals surface area contributed by atoms with Gasteiger partial charge in [-0.2, -0.15) is 0 Å². The molecule has 0 amide bonds. The van der Waals surface area contributed by atoms with E-state index in [1.54, 1.807) is 0 Å². The fraction of sp³-hybridized carbons (Fsp3) is 1.00. The maximum Gasteiger partial charge on any atom is 0.187 e. The van der Waals surface area contributed by atoms with Crippen molar-refractivity contribution in [2.24, 2.45) is 0 Å². The molecule has 0 saturated carbocycles. The molecule has 202 valence electrons. The van der Waals surface area contributed by atoms with Crippen molar-refractivity contribution in [3.63, 3.8) is 0 Å². The van der Waals surface area contributed by atoms with Crippen molar-refractivity contribution >= 4 is 0 Å². The number of hydrogen-bond acceptors (Lipinski definition) is 16. The zero-order chi connectivity index (χ0) is 25.7. The Hall–Kier alpha value is -0.640. The SMILES string of the molecule is OC[C@@H](O)[C@@H](O[C@H]1O[C@H](CO)[C@@H](O[C@H]2O[C@H](CO)[C@@H](O)[C@H](O)[C@H]2O)[C@H](O)[C@H]1O)[C@H](O)[C@@H](O)CO. The Morgan fingerprint density at radius 1 is 0.618 bits per heavy atom. The molecule has 0 radical (unpaired) electrons. The number of hydrogen-bond donors (Lipinski definition) is 12. The highest BCUT2D eigenvalue weighted by atomic mass is 16.7. The van der Waals surface area contributed by atoms with E-state index >= 15 is 0 Å². The van der Waals surface area contributed by atoms with Gasteiger partial charge < -0.3 is 80.2 Å². The molecule has 2 saturated heterocycles. The van der Waals surface area contributed by atoms with Crippen molar-refractivity contribution in [2.75, 3.05) is 26.4 Å². The van der Waals surface area contributed by atoms with Crippen LogP contribution in [0.15, 0.2) is 0 Å². The molecule has 0 aromatic rings. The Bertz CT molecular complexity index is 594. The van der Waals surface area contributed by atoms with Crippen molar-refractivity contribution in [3.05, 3.63) is 0 Å². The standard InChI is InChI=1S/C18H34O16/c19-1-5(23)9(25)15(6(24)2-20)33-18-14(30)12(28)16(8(4-22)32-18)34-17-13(29)11(27)10(26)7(3-21)31-17/h5-30H,1-4H2/t5-,6+,7+,8+,9+,10+,11-,12+,13+,14+,15+,16+,17+,18+/m0/s1. The van der Waals surface area contributed by atoms with E-state index < -0.39 is 112 Å². The van der Waals surface area contributed by atoms with Crippen LogP contribution in [0.4, 0.5) is 0 Å². The van der Waals surface area contributed by atoms with E-state index in [-0.39, 0.29) is 0 Å². The van der Waals surface area contributed by atoms with Crippen LogP contribution in [-0.2, 0) is 18.9 Å². The van der Waals surface area contributed by atoms with Crippen molar-refractivity contribution in [2.45, 2.75) is 85.8 Å². The minimum absolute atomic E-state index is 0.757. The first kappa shape index (κ1) is 29.6. The fourth-order valence-electron chi connectivity index (χ4n) is 3.65. The summed E-state index contributed by atoms with van der Waals surface area (Å²) in [6.45, 7) is -3.52. The molecular formula is C18H34O16. The molecule has 16 heteroatoms. The Morgan fingerprint density at radius 3 is 1.68 bits per heavy atom. The van der Waals surface area contributed by atoms with Gasteiger partial charge in [0.2, 0.25) is 0 Å². The van der Waals surface area contributed by atoms with Gasteiger partial charge in [-0.15, -0.1) is 0 Å². The highest BCUT2D eigenvalue weighted by molar-refractivity contribution is 4.95. The third kappa shape index (κ3) is 6.37. The van der Waals surface area contributed by atoms with Gasteiger partial charge in [0.25, 0.3) is 0 Å². The molecule has 2 rings (SSSR count). The number of ether oxygens (including phenoxy) is 4. The van der Waals surface area contributed by atoms with Crippen molar-refractivity contribution in [1.82, 2.24) is 0 Å². The van der Waals surface area contributed by atoms with Crippen LogP contribution in [0.5, 0.6) is 0 Å². The summed E-state index contributed by atoms with van der Waals surface area (Å²) in [5, 5.41) is 118. The Labute approximate surface area is 193 Å². The second kappa shape index (κ2) is 13.1. The summed E-state index contributed by atoms with van der Waals surface area (Å²) in [5.41, 5.74) is 0. The van der Waals surface area contributed by atoms with Crippen LogP contribution in [0.2, 0.25) is 0 Å². The lowest BCUT2D eigenvalue weighted by Gasteiger charge is -2.46. The second-order valence-electron chi connectivity index (χ2n) is 8.10. The topological polar surface area (TPSA) is 280 Å². The van der Waals surface area contributed by atoms with Gasteiger partial charge in [0.15, 0.2) is 12.6 Å². The summed E-state index contributed by atoms with van der Waals surface area (Å²) < 4.78 is 21.2. The molecule has 2 fully saturated rings. The zero-order valence-corrected chi connectivity index (χ0v) is 17.9. The number of aliphatic hydroxyl groups is 12. The predicted octanol–water partition coefficient (Wildman–Crippen LogP) is -7.94. The lowest BCUT2D eigenvalue weighted by molar-refractivity contribution is -0.367. The summed E-state index contributed by atoms with van der Waals surface area (Å²) in [6.07, 6.45) is -24.7. The van der Waals surface area contributed by atoms with Crippen molar-refractivity contribution in [3.8, 4) is 0 Å². The van der Waals surface area contributed by atoms with E-state index in [0.29, 0.717) is 0 Å². The summed E-state index contributed by atoms with van der Waals surface area (Å²) >= 11 is 0. The lowest BCUT2D eigenvalue weighted by Crippen LogP contribution is -2.65. The molecular weight excluding hydrogens is 472 g/mol. The summed E-state index contributed by atoms with van der Waals surface area (Å²) in [6, 6.07) is 0. The summed E-state index contributed by atoms with van der Waals surface area (Å²) in [5.74, 6) is 0.